The molecule has 276 valence electrons. The van der Waals surface area contributed by atoms with E-state index in [0.29, 0.717) is 43.3 Å². The van der Waals surface area contributed by atoms with Crippen LogP contribution in [-0.2, 0) is 14.2 Å². The molecule has 0 atom stereocenters. The number of carbonyl (C=O) groups excluding carboxylic acids is 3. The van der Waals surface area contributed by atoms with Crippen LogP contribution in [-0.4, -0.2) is 95.1 Å². The largest absolute Gasteiger partial charge is 0.493 e. The number of esters is 1. The monoisotopic (exact) mass is 719 g/mol. The summed E-state index contributed by atoms with van der Waals surface area (Å²) in [4.78, 5) is 55.6. The highest BCUT2D eigenvalue weighted by Crippen LogP contribution is 2.45. The number of morpholine rings is 1. The zero-order valence-corrected chi connectivity index (χ0v) is 30.2. The average molecular weight is 720 g/mol. The number of aromatic nitrogens is 1. The van der Waals surface area contributed by atoms with Crippen LogP contribution >= 0.6 is 0 Å². The topological polar surface area (TPSA) is 162 Å². The number of rotatable bonds is 9. The Morgan fingerprint density at radius 2 is 1.37 bits per heavy atom. The number of amides is 2. The first kappa shape index (κ1) is 37.3. The van der Waals surface area contributed by atoms with Gasteiger partial charge < -0.3 is 42.8 Å². The third-order valence-corrected chi connectivity index (χ3v) is 8.04. The number of nitrogens with one attached hydrogen (secondary N) is 1. The van der Waals surface area contributed by atoms with E-state index in [0.717, 1.165) is 0 Å². The van der Waals surface area contributed by atoms with Crippen LogP contribution in [0.5, 0.6) is 28.7 Å². The van der Waals surface area contributed by atoms with Crippen LogP contribution in [0, 0.1) is 0 Å². The van der Waals surface area contributed by atoms with Gasteiger partial charge in [-0.3, -0.25) is 14.7 Å². The molecule has 2 heterocycles. The number of hydrogen-bond acceptors (Lipinski definition) is 12. The predicted molar refractivity (Wildman–Crippen MR) is 191 cm³/mol. The molecule has 1 N–H and O–H groups in total. The first-order valence-electron chi connectivity index (χ1n) is 16.2. The number of pyridine rings is 1. The number of benzene rings is 3. The summed E-state index contributed by atoms with van der Waals surface area (Å²) in [6.45, 7) is 6.59. The number of ether oxygens (including phenoxy) is 8. The maximum atomic E-state index is 14.6. The van der Waals surface area contributed by atoms with Gasteiger partial charge in [0.2, 0.25) is 5.75 Å². The fraction of sp³-hybridized carbons (Fsp3) is 0.351. The molecule has 0 bridgehead atoms. The molecule has 52 heavy (non-hydrogen) atoms. The van der Waals surface area contributed by atoms with Crippen LogP contribution in [0.3, 0.4) is 0 Å². The lowest BCUT2D eigenvalue weighted by Crippen LogP contribution is -2.42. The Balaban J connectivity index is 1.81. The molecule has 0 radical (unpaired) electrons. The molecule has 1 aromatic heterocycles. The third kappa shape index (κ3) is 7.68. The van der Waals surface area contributed by atoms with Gasteiger partial charge in [0.05, 0.1) is 54.1 Å². The molecular formula is C37H41N3O12. The van der Waals surface area contributed by atoms with Crippen LogP contribution in [0.4, 0.5) is 15.3 Å². The van der Waals surface area contributed by atoms with Crippen molar-refractivity contribution >= 4 is 34.6 Å². The fourth-order valence-corrected chi connectivity index (χ4v) is 5.72. The van der Waals surface area contributed by atoms with Crippen molar-refractivity contribution < 1.29 is 52.3 Å². The van der Waals surface area contributed by atoms with Crippen molar-refractivity contribution in [1.29, 1.82) is 0 Å². The summed E-state index contributed by atoms with van der Waals surface area (Å²) in [5, 5.41) is 2.99. The van der Waals surface area contributed by atoms with Gasteiger partial charge in [-0.15, -0.1) is 0 Å². The molecule has 15 nitrogen and oxygen atoms in total. The van der Waals surface area contributed by atoms with Crippen LogP contribution in [0.2, 0.25) is 0 Å². The van der Waals surface area contributed by atoms with Crippen molar-refractivity contribution in [3.8, 4) is 45.6 Å². The first-order chi connectivity index (χ1) is 24.8. The van der Waals surface area contributed by atoms with Crippen molar-refractivity contribution in [3.63, 3.8) is 0 Å². The lowest BCUT2D eigenvalue weighted by molar-refractivity contribution is 0.0413. The second-order valence-electron chi connectivity index (χ2n) is 12.5. The Morgan fingerprint density at radius 1 is 0.769 bits per heavy atom. The SMILES string of the molecule is COC(=O)c1c(-c2cc(OC)c(OC)c(OC)c2)c2cc(OC)c(OC(=O)N3CCOCC3)cc2c(=O)n1-c1ccc(NC(=O)OC(C)(C)C)cc1. The Hall–Kier alpha value is -5.96. The van der Waals surface area contributed by atoms with Crippen molar-refractivity contribution in [3.05, 3.63) is 64.6 Å². The summed E-state index contributed by atoms with van der Waals surface area (Å²) in [6, 6.07) is 12.4. The highest BCUT2D eigenvalue weighted by molar-refractivity contribution is 6.08. The van der Waals surface area contributed by atoms with E-state index in [1.54, 1.807) is 57.2 Å². The van der Waals surface area contributed by atoms with Crippen molar-refractivity contribution in [2.45, 2.75) is 26.4 Å². The molecule has 0 aliphatic carbocycles. The molecule has 1 aliphatic heterocycles. The van der Waals surface area contributed by atoms with E-state index >= 15 is 0 Å². The molecule has 0 unspecified atom stereocenters. The molecule has 4 aromatic rings. The highest BCUT2D eigenvalue weighted by Gasteiger charge is 2.29. The molecule has 5 rings (SSSR count). The number of fused-ring (bicyclic) bond motifs is 1. The van der Waals surface area contributed by atoms with Gasteiger partial charge in [0, 0.05) is 35.4 Å². The number of carbonyl (C=O) groups is 3. The van der Waals surface area contributed by atoms with Gasteiger partial charge in [-0.25, -0.2) is 14.4 Å². The molecular weight excluding hydrogens is 678 g/mol. The number of hydrogen-bond donors (Lipinski definition) is 1. The minimum Gasteiger partial charge on any atom is -0.493 e. The van der Waals surface area contributed by atoms with Crippen LogP contribution < -0.4 is 34.6 Å². The zero-order valence-electron chi connectivity index (χ0n) is 30.2. The van der Waals surface area contributed by atoms with Gasteiger partial charge in [-0.1, -0.05) is 0 Å². The molecule has 1 fully saturated rings. The Kier molecular flexibility index (Phi) is 11.1. The second kappa shape index (κ2) is 15.5. The summed E-state index contributed by atoms with van der Waals surface area (Å²) in [5.41, 5.74) is -0.276. The molecule has 15 heteroatoms. The van der Waals surface area contributed by atoms with E-state index in [9.17, 15) is 19.2 Å². The molecule has 0 spiro atoms. The van der Waals surface area contributed by atoms with Gasteiger partial charge in [-0.05, 0) is 74.9 Å². The lowest BCUT2D eigenvalue weighted by Gasteiger charge is -2.26. The smallest absolute Gasteiger partial charge is 0.415 e. The summed E-state index contributed by atoms with van der Waals surface area (Å²) < 4.78 is 45.4. The van der Waals surface area contributed by atoms with E-state index in [4.69, 9.17) is 37.9 Å². The highest BCUT2D eigenvalue weighted by atomic mass is 16.6. The zero-order chi connectivity index (χ0) is 37.7. The van der Waals surface area contributed by atoms with Crippen molar-refractivity contribution in [2.24, 2.45) is 0 Å². The van der Waals surface area contributed by atoms with Crippen molar-refractivity contribution in [2.75, 3.05) is 67.2 Å². The summed E-state index contributed by atoms with van der Waals surface area (Å²) in [6.07, 6.45) is -1.32. The summed E-state index contributed by atoms with van der Waals surface area (Å²) in [5.74, 6) is 0.106. The van der Waals surface area contributed by atoms with E-state index in [2.05, 4.69) is 5.32 Å². The van der Waals surface area contributed by atoms with Crippen molar-refractivity contribution in [1.82, 2.24) is 9.47 Å². The molecule has 2 amide bonds. The third-order valence-electron chi connectivity index (χ3n) is 8.04. The van der Waals surface area contributed by atoms with Gasteiger partial charge in [0.25, 0.3) is 5.56 Å². The number of methoxy groups -OCH3 is 5. The molecule has 0 saturated carbocycles. The van der Waals surface area contributed by atoms with Gasteiger partial charge in [0.1, 0.15) is 11.3 Å². The minimum atomic E-state index is -0.847. The standard InChI is InChI=1S/C37H41N3O12/c1-37(2,3)52-35(43)38-22-9-11-23(12-10-22)40-31(34(42)49-8)30(21-17-28(46-5)32(48-7)29(18-21)47-6)24-19-26(45-4)27(20-25(24)33(40)41)51-36(44)39-13-15-50-16-14-39/h9-12,17-20H,13-16H2,1-8H3,(H,38,43). The maximum absolute atomic E-state index is 14.6. The summed E-state index contributed by atoms with van der Waals surface area (Å²) >= 11 is 0. The van der Waals surface area contributed by atoms with Gasteiger partial charge in [-0.2, -0.15) is 0 Å². The molecule has 3 aromatic carbocycles. The van der Waals surface area contributed by atoms with E-state index in [-0.39, 0.29) is 50.7 Å². The summed E-state index contributed by atoms with van der Waals surface area (Å²) in [7, 11) is 6.95. The Morgan fingerprint density at radius 3 is 1.90 bits per heavy atom. The maximum Gasteiger partial charge on any atom is 0.415 e. The molecule has 1 aliphatic rings. The minimum absolute atomic E-state index is 0.0197. The lowest BCUT2D eigenvalue weighted by atomic mass is 9.95. The first-order valence-corrected chi connectivity index (χ1v) is 16.2. The van der Waals surface area contributed by atoms with E-state index in [1.807, 2.05) is 0 Å². The quantitative estimate of drug-likeness (QED) is 0.212. The Labute approximate surface area is 299 Å². The normalized spacial score (nSPS) is 12.9. The fourth-order valence-electron chi connectivity index (χ4n) is 5.72. The number of nitrogens with zero attached hydrogens (tertiary/aromatic N) is 2. The average Bonchev–Trinajstić information content (AvgIpc) is 3.13. The predicted octanol–water partition coefficient (Wildman–Crippen LogP) is 5.66. The number of anilines is 1. The second-order valence-corrected chi connectivity index (χ2v) is 12.5. The van der Waals surface area contributed by atoms with Crippen LogP contribution in [0.25, 0.3) is 27.6 Å². The molecule has 1 saturated heterocycles. The Bertz CT molecular complexity index is 2020. The van der Waals surface area contributed by atoms with E-state index in [1.165, 1.54) is 57.1 Å². The van der Waals surface area contributed by atoms with Crippen LogP contribution in [0.15, 0.2) is 53.3 Å². The van der Waals surface area contributed by atoms with Gasteiger partial charge in [0.15, 0.2) is 23.0 Å². The van der Waals surface area contributed by atoms with E-state index < -0.39 is 29.3 Å². The van der Waals surface area contributed by atoms with Gasteiger partial charge >= 0.3 is 18.2 Å². The van der Waals surface area contributed by atoms with Crippen LogP contribution in [0.1, 0.15) is 31.3 Å².